The predicted octanol–water partition coefficient (Wildman–Crippen LogP) is 4.68. The Morgan fingerprint density at radius 3 is 2.65 bits per heavy atom. The molecule has 0 spiro atoms. The highest BCUT2D eigenvalue weighted by Gasteiger charge is 2.05. The molecule has 2 rings (SSSR count). The van der Waals surface area contributed by atoms with Crippen LogP contribution in [0.15, 0.2) is 40.9 Å². The van der Waals surface area contributed by atoms with E-state index < -0.39 is 0 Å². The van der Waals surface area contributed by atoms with Crippen LogP contribution in [0.3, 0.4) is 0 Å². The van der Waals surface area contributed by atoms with Crippen LogP contribution in [0.5, 0.6) is 11.6 Å². The van der Waals surface area contributed by atoms with Crippen molar-refractivity contribution in [1.29, 1.82) is 0 Å². The molecule has 0 unspecified atom stereocenters. The van der Waals surface area contributed by atoms with Gasteiger partial charge < -0.3 is 4.74 Å². The third kappa shape index (κ3) is 2.99. The quantitative estimate of drug-likeness (QED) is 0.767. The normalized spacial score (nSPS) is 10.3. The van der Waals surface area contributed by atoms with Gasteiger partial charge in [0.25, 0.3) is 0 Å². The molecule has 2 nitrogen and oxygen atoms in total. The van der Waals surface area contributed by atoms with Crippen molar-refractivity contribution in [2.75, 3.05) is 0 Å². The molecule has 1 aromatic carbocycles. The lowest BCUT2D eigenvalue weighted by molar-refractivity contribution is 0.458. The number of hydrogen-bond donors (Lipinski definition) is 0. The second-order valence-electron chi connectivity index (χ2n) is 3.56. The zero-order valence-corrected chi connectivity index (χ0v) is 11.6. The van der Waals surface area contributed by atoms with Gasteiger partial charge in [-0.1, -0.05) is 18.2 Å². The van der Waals surface area contributed by atoms with Crippen LogP contribution in [0.25, 0.3) is 0 Å². The Kier molecular flexibility index (Phi) is 4.02. The van der Waals surface area contributed by atoms with E-state index in [2.05, 4.69) is 20.9 Å². The van der Waals surface area contributed by atoms with E-state index in [-0.39, 0.29) is 0 Å². The number of nitrogens with zero attached hydrogens (tertiary/aromatic N) is 1. The lowest BCUT2D eigenvalue weighted by Crippen LogP contribution is -1.94. The van der Waals surface area contributed by atoms with Crippen LogP contribution in [0.1, 0.15) is 11.3 Å². The van der Waals surface area contributed by atoms with Gasteiger partial charge in [-0.05, 0) is 40.5 Å². The summed E-state index contributed by atoms with van der Waals surface area (Å²) in [5.41, 5.74) is 1.91. The van der Waals surface area contributed by atoms with Crippen molar-refractivity contribution in [3.8, 4) is 11.6 Å². The van der Waals surface area contributed by atoms with Gasteiger partial charge in [0.2, 0.25) is 5.88 Å². The first-order valence-corrected chi connectivity index (χ1v) is 6.48. The van der Waals surface area contributed by atoms with E-state index in [4.69, 9.17) is 16.3 Å². The third-order valence-electron chi connectivity index (χ3n) is 2.36. The molecule has 0 aliphatic rings. The summed E-state index contributed by atoms with van der Waals surface area (Å²) in [6.45, 7) is 1.92. The van der Waals surface area contributed by atoms with E-state index in [1.54, 1.807) is 0 Å². The standard InChI is InChI=1S/C13H11BrClNO/c1-9-10(8-15)6-7-13(16-9)17-12-5-3-2-4-11(12)14/h2-7H,8H2,1H3. The van der Waals surface area contributed by atoms with Crippen LogP contribution in [-0.2, 0) is 5.88 Å². The van der Waals surface area contributed by atoms with Crippen molar-refractivity contribution in [2.45, 2.75) is 12.8 Å². The van der Waals surface area contributed by atoms with Gasteiger partial charge in [-0.25, -0.2) is 4.98 Å². The first kappa shape index (κ1) is 12.4. The first-order chi connectivity index (χ1) is 8.20. The van der Waals surface area contributed by atoms with Gasteiger partial charge in [0.15, 0.2) is 0 Å². The summed E-state index contributed by atoms with van der Waals surface area (Å²) in [7, 11) is 0. The number of alkyl halides is 1. The Hall–Kier alpha value is -1.06. The van der Waals surface area contributed by atoms with Crippen molar-refractivity contribution >= 4 is 27.5 Å². The molecular formula is C13H11BrClNO. The summed E-state index contributed by atoms with van der Waals surface area (Å²) in [5, 5.41) is 0. The summed E-state index contributed by atoms with van der Waals surface area (Å²) in [5.74, 6) is 1.79. The van der Waals surface area contributed by atoms with Gasteiger partial charge in [-0.2, -0.15) is 0 Å². The Labute approximate surface area is 114 Å². The molecule has 1 heterocycles. The van der Waals surface area contributed by atoms with Crippen LogP contribution in [0.2, 0.25) is 0 Å². The second kappa shape index (κ2) is 5.52. The van der Waals surface area contributed by atoms with E-state index in [0.717, 1.165) is 21.5 Å². The molecule has 0 radical (unpaired) electrons. The summed E-state index contributed by atoms with van der Waals surface area (Å²) in [6, 6.07) is 11.4. The SMILES string of the molecule is Cc1nc(Oc2ccccc2Br)ccc1CCl. The number of ether oxygens (including phenoxy) is 1. The van der Waals surface area contributed by atoms with Crippen LogP contribution in [0.4, 0.5) is 0 Å². The van der Waals surface area contributed by atoms with Gasteiger partial charge in [-0.3, -0.25) is 0 Å². The predicted molar refractivity (Wildman–Crippen MR) is 72.7 cm³/mol. The van der Waals surface area contributed by atoms with E-state index in [1.807, 2.05) is 43.3 Å². The molecule has 4 heteroatoms. The average molecular weight is 313 g/mol. The van der Waals surface area contributed by atoms with Gasteiger partial charge in [0, 0.05) is 17.6 Å². The summed E-state index contributed by atoms with van der Waals surface area (Å²) < 4.78 is 6.59. The minimum Gasteiger partial charge on any atom is -0.438 e. The molecule has 17 heavy (non-hydrogen) atoms. The maximum atomic E-state index is 5.78. The molecule has 0 amide bonds. The number of benzene rings is 1. The Morgan fingerprint density at radius 2 is 2.00 bits per heavy atom. The van der Waals surface area contributed by atoms with Crippen LogP contribution in [0, 0.1) is 6.92 Å². The smallest absolute Gasteiger partial charge is 0.219 e. The largest absolute Gasteiger partial charge is 0.438 e. The highest BCUT2D eigenvalue weighted by atomic mass is 79.9. The molecule has 0 bridgehead atoms. The number of rotatable bonds is 3. The van der Waals surface area contributed by atoms with Gasteiger partial charge in [0.05, 0.1) is 4.47 Å². The molecule has 0 aliphatic heterocycles. The topological polar surface area (TPSA) is 22.1 Å². The fourth-order valence-corrected chi connectivity index (χ4v) is 2.05. The highest BCUT2D eigenvalue weighted by molar-refractivity contribution is 9.10. The van der Waals surface area contributed by atoms with E-state index in [1.165, 1.54) is 0 Å². The minimum atomic E-state index is 0.466. The van der Waals surface area contributed by atoms with Crippen molar-refractivity contribution in [3.05, 3.63) is 52.1 Å². The number of hydrogen-bond acceptors (Lipinski definition) is 2. The number of pyridine rings is 1. The molecular weight excluding hydrogens is 302 g/mol. The molecule has 1 aromatic heterocycles. The fourth-order valence-electron chi connectivity index (χ4n) is 1.41. The van der Waals surface area contributed by atoms with E-state index >= 15 is 0 Å². The highest BCUT2D eigenvalue weighted by Crippen LogP contribution is 2.28. The van der Waals surface area contributed by atoms with Crippen LogP contribution < -0.4 is 4.74 Å². The molecule has 0 N–H and O–H groups in total. The second-order valence-corrected chi connectivity index (χ2v) is 4.68. The molecule has 88 valence electrons. The average Bonchev–Trinajstić information content (AvgIpc) is 2.32. The zero-order chi connectivity index (χ0) is 12.3. The molecule has 0 aliphatic carbocycles. The number of halogens is 2. The molecule has 0 fully saturated rings. The lowest BCUT2D eigenvalue weighted by atomic mass is 10.2. The monoisotopic (exact) mass is 311 g/mol. The van der Waals surface area contributed by atoms with Crippen LogP contribution >= 0.6 is 27.5 Å². The Bertz CT molecular complexity index is 531. The zero-order valence-electron chi connectivity index (χ0n) is 9.28. The van der Waals surface area contributed by atoms with Crippen molar-refractivity contribution in [3.63, 3.8) is 0 Å². The lowest BCUT2D eigenvalue weighted by Gasteiger charge is -2.08. The summed E-state index contributed by atoms with van der Waals surface area (Å²) in [6.07, 6.45) is 0. The fraction of sp³-hybridized carbons (Fsp3) is 0.154. The van der Waals surface area contributed by atoms with E-state index in [9.17, 15) is 0 Å². The first-order valence-electron chi connectivity index (χ1n) is 5.15. The molecule has 2 aromatic rings. The Morgan fingerprint density at radius 1 is 1.24 bits per heavy atom. The minimum absolute atomic E-state index is 0.466. The van der Waals surface area contributed by atoms with E-state index in [0.29, 0.717) is 11.8 Å². The summed E-state index contributed by atoms with van der Waals surface area (Å²) in [4.78, 5) is 4.35. The van der Waals surface area contributed by atoms with Crippen LogP contribution in [-0.4, -0.2) is 4.98 Å². The number of aryl methyl sites for hydroxylation is 1. The Balaban J connectivity index is 2.25. The van der Waals surface area contributed by atoms with Crippen molar-refractivity contribution in [1.82, 2.24) is 4.98 Å². The number of para-hydroxylation sites is 1. The number of aromatic nitrogens is 1. The van der Waals surface area contributed by atoms with Crippen molar-refractivity contribution in [2.24, 2.45) is 0 Å². The molecule has 0 saturated carbocycles. The molecule has 0 saturated heterocycles. The van der Waals surface area contributed by atoms with Gasteiger partial charge in [0.1, 0.15) is 5.75 Å². The molecule has 0 atom stereocenters. The third-order valence-corrected chi connectivity index (χ3v) is 3.31. The maximum absolute atomic E-state index is 5.78. The maximum Gasteiger partial charge on any atom is 0.219 e. The van der Waals surface area contributed by atoms with Gasteiger partial charge in [-0.15, -0.1) is 11.6 Å². The van der Waals surface area contributed by atoms with Crippen molar-refractivity contribution < 1.29 is 4.74 Å². The van der Waals surface area contributed by atoms with Gasteiger partial charge >= 0.3 is 0 Å². The summed E-state index contributed by atoms with van der Waals surface area (Å²) >= 11 is 9.21.